The summed E-state index contributed by atoms with van der Waals surface area (Å²) in [6.07, 6.45) is 9.33. The van der Waals surface area contributed by atoms with Crippen molar-refractivity contribution < 1.29 is 29.1 Å². The second-order valence-corrected chi connectivity index (χ2v) is 12.7. The number of nitrogens with one attached hydrogen (secondary N) is 1. The molecule has 0 bridgehead atoms. The molecule has 4 aliphatic rings. The zero-order valence-electron chi connectivity index (χ0n) is 24.1. The molecule has 3 fully saturated rings. The number of ketones is 1. The van der Waals surface area contributed by atoms with Crippen LogP contribution in [0.15, 0.2) is 47.1 Å². The Balaban J connectivity index is 1.23. The lowest BCUT2D eigenvalue weighted by molar-refractivity contribution is -0.159. The van der Waals surface area contributed by atoms with Crippen molar-refractivity contribution in [2.45, 2.75) is 83.8 Å². The highest BCUT2D eigenvalue weighted by molar-refractivity contribution is 5.96. The van der Waals surface area contributed by atoms with Gasteiger partial charge in [0.05, 0.1) is 12.8 Å². The van der Waals surface area contributed by atoms with E-state index in [1.165, 1.54) is 12.7 Å². The third kappa shape index (κ3) is 4.68. The molecule has 0 heterocycles. The summed E-state index contributed by atoms with van der Waals surface area (Å²) in [6, 6.07) is 8.03. The first-order valence-electron chi connectivity index (χ1n) is 14.6. The summed E-state index contributed by atoms with van der Waals surface area (Å²) in [5.41, 5.74) is 1.41. The monoisotopic (exact) mass is 550 g/mol. The van der Waals surface area contributed by atoms with Gasteiger partial charge in [0.2, 0.25) is 0 Å². The second-order valence-electron chi connectivity index (χ2n) is 12.7. The van der Waals surface area contributed by atoms with Gasteiger partial charge in [0, 0.05) is 5.41 Å². The molecule has 0 spiro atoms. The van der Waals surface area contributed by atoms with E-state index in [-0.39, 0.29) is 23.2 Å². The summed E-state index contributed by atoms with van der Waals surface area (Å²) in [7, 11) is 1.29. The van der Waals surface area contributed by atoms with Gasteiger partial charge in [-0.1, -0.05) is 54.9 Å². The van der Waals surface area contributed by atoms with Crippen LogP contribution in [0.3, 0.4) is 0 Å². The van der Waals surface area contributed by atoms with Gasteiger partial charge in [-0.3, -0.25) is 9.59 Å². The number of esters is 1. The van der Waals surface area contributed by atoms with Crippen LogP contribution in [0.2, 0.25) is 0 Å². The molecule has 40 heavy (non-hydrogen) atoms. The first-order chi connectivity index (χ1) is 19.0. The normalized spacial score (nSPS) is 36.4. The van der Waals surface area contributed by atoms with Gasteiger partial charge in [-0.05, 0) is 93.1 Å². The lowest BCUT2D eigenvalue weighted by Gasteiger charge is -2.59. The van der Waals surface area contributed by atoms with E-state index in [0.29, 0.717) is 29.7 Å². The Morgan fingerprint density at radius 3 is 2.48 bits per heavy atom. The number of carbonyl (C=O) groups is 3. The van der Waals surface area contributed by atoms with E-state index >= 15 is 0 Å². The Hall–Kier alpha value is -3.00. The van der Waals surface area contributed by atoms with E-state index in [4.69, 9.17) is 9.57 Å². The van der Waals surface area contributed by atoms with Crippen LogP contribution in [0.4, 0.5) is 0 Å². The number of fused-ring (bicyclic) bond motifs is 5. The van der Waals surface area contributed by atoms with Gasteiger partial charge in [0.25, 0.3) is 5.91 Å². The Bertz CT molecular complexity index is 1230. The Labute approximate surface area is 236 Å². The lowest BCUT2D eigenvalue weighted by atomic mass is 9.46. The number of carbonyl (C=O) groups excluding carboxylic acids is 3. The molecule has 0 unspecified atom stereocenters. The lowest BCUT2D eigenvalue weighted by Crippen LogP contribution is -2.57. The molecule has 8 nitrogen and oxygen atoms in total. The van der Waals surface area contributed by atoms with Crippen molar-refractivity contribution in [3.63, 3.8) is 0 Å². The van der Waals surface area contributed by atoms with Crippen LogP contribution < -0.4 is 5.32 Å². The number of aliphatic hydroxyl groups is 1. The first-order valence-corrected chi connectivity index (χ1v) is 14.6. The van der Waals surface area contributed by atoms with E-state index < -0.39 is 23.5 Å². The molecular formula is C32H42N2O6. The molecule has 2 N–H and O–H groups in total. The minimum absolute atomic E-state index is 0.0704. The molecule has 0 radical (unpaired) electrons. The van der Waals surface area contributed by atoms with Crippen molar-refractivity contribution in [1.82, 2.24) is 5.32 Å². The van der Waals surface area contributed by atoms with Gasteiger partial charge < -0.3 is 20.0 Å². The third-order valence-corrected chi connectivity index (χ3v) is 11.0. The molecule has 5 rings (SSSR count). The van der Waals surface area contributed by atoms with Crippen molar-refractivity contribution in [2.75, 3.05) is 13.7 Å². The maximum atomic E-state index is 12.6. The van der Waals surface area contributed by atoms with Crippen molar-refractivity contribution in [1.29, 1.82) is 0 Å². The van der Waals surface area contributed by atoms with Crippen LogP contribution in [-0.2, 0) is 24.0 Å². The highest BCUT2D eigenvalue weighted by atomic mass is 16.6. The molecular weight excluding hydrogens is 508 g/mol. The summed E-state index contributed by atoms with van der Waals surface area (Å²) >= 11 is 0. The van der Waals surface area contributed by atoms with Crippen molar-refractivity contribution in [2.24, 2.45) is 33.7 Å². The zero-order valence-corrected chi connectivity index (χ0v) is 24.1. The third-order valence-electron chi connectivity index (χ3n) is 11.0. The van der Waals surface area contributed by atoms with Crippen molar-refractivity contribution >= 4 is 23.4 Å². The predicted molar refractivity (Wildman–Crippen MR) is 150 cm³/mol. The summed E-state index contributed by atoms with van der Waals surface area (Å²) in [6.45, 7) is 5.79. The molecule has 8 heteroatoms. The average molecular weight is 551 g/mol. The fourth-order valence-corrected chi connectivity index (χ4v) is 8.66. The second kappa shape index (κ2) is 10.8. The van der Waals surface area contributed by atoms with Crippen LogP contribution >= 0.6 is 0 Å². The zero-order chi connectivity index (χ0) is 28.7. The maximum absolute atomic E-state index is 12.6. The highest BCUT2D eigenvalue weighted by Gasteiger charge is 2.65. The maximum Gasteiger partial charge on any atom is 0.333 e. The van der Waals surface area contributed by atoms with E-state index in [0.717, 1.165) is 50.7 Å². The average Bonchev–Trinajstić information content (AvgIpc) is 3.23. The van der Waals surface area contributed by atoms with E-state index in [2.05, 4.69) is 30.4 Å². The molecule has 0 aromatic heterocycles. The number of hydrogen-bond acceptors (Lipinski definition) is 7. The number of ether oxygens (including phenoxy) is 1. The standard InChI is InChI=1S/C32H42N2O6/c1-20(35)32(38)17-14-26-24-11-10-22-18-23(12-15-30(22,2)25(24)13-16-31(26,32)3)34-40-19-27(36)33-28(29(37)39-4)21-8-6-5-7-9-21/h5-9,18,24-26,28,38H,10-17,19H2,1-4H3,(H,33,36)/b34-23-/t24-,25+,26+,28-,30+,31+,32+/m1/s1. The van der Waals surface area contributed by atoms with E-state index in [9.17, 15) is 19.5 Å². The highest BCUT2D eigenvalue weighted by Crippen LogP contribution is 2.67. The summed E-state index contributed by atoms with van der Waals surface area (Å²) in [5, 5.41) is 18.3. The molecule has 1 aromatic carbocycles. The van der Waals surface area contributed by atoms with Crippen LogP contribution in [0.5, 0.6) is 0 Å². The predicted octanol–water partition coefficient (Wildman–Crippen LogP) is 4.67. The number of methoxy groups -OCH3 is 1. The molecule has 4 aliphatic carbocycles. The van der Waals surface area contributed by atoms with Gasteiger partial charge in [-0.2, -0.15) is 0 Å². The van der Waals surface area contributed by atoms with Crippen LogP contribution in [0.1, 0.15) is 83.7 Å². The van der Waals surface area contributed by atoms with Crippen LogP contribution in [-0.4, -0.2) is 47.8 Å². The number of oxime groups is 1. The fourth-order valence-electron chi connectivity index (χ4n) is 8.66. The number of amides is 1. The molecule has 3 saturated carbocycles. The molecule has 0 saturated heterocycles. The van der Waals surface area contributed by atoms with Gasteiger partial charge in [0.15, 0.2) is 18.4 Å². The number of benzene rings is 1. The minimum Gasteiger partial charge on any atom is -0.467 e. The minimum atomic E-state index is -1.19. The number of rotatable bonds is 7. The van der Waals surface area contributed by atoms with Gasteiger partial charge in [-0.25, -0.2) is 4.79 Å². The molecule has 7 atom stereocenters. The van der Waals surface area contributed by atoms with Crippen molar-refractivity contribution in [3.8, 4) is 0 Å². The number of allylic oxidation sites excluding steroid dienone is 2. The summed E-state index contributed by atoms with van der Waals surface area (Å²) < 4.78 is 4.86. The quantitative estimate of drug-likeness (QED) is 0.377. The van der Waals surface area contributed by atoms with E-state index in [1.54, 1.807) is 31.2 Å². The molecule has 1 aromatic rings. The summed E-state index contributed by atoms with van der Waals surface area (Å²) in [4.78, 5) is 42.7. The topological polar surface area (TPSA) is 114 Å². The molecule has 1 amide bonds. The molecule has 0 aliphatic heterocycles. The van der Waals surface area contributed by atoms with Gasteiger partial charge >= 0.3 is 5.97 Å². The van der Waals surface area contributed by atoms with Crippen molar-refractivity contribution in [3.05, 3.63) is 47.5 Å². The van der Waals surface area contributed by atoms with Crippen LogP contribution in [0, 0.1) is 28.6 Å². The van der Waals surface area contributed by atoms with Gasteiger partial charge in [0.1, 0.15) is 5.60 Å². The SMILES string of the molecule is COC(=O)[C@H](NC(=O)CO/N=C1\C=C2CC[C@@H]3[C@H](CC[C@@]4(C)[C@H]3CC[C@]4(O)C(C)=O)[C@@]2(C)CC1)c1ccccc1. The summed E-state index contributed by atoms with van der Waals surface area (Å²) in [5.74, 6) is 0.336. The molecule has 216 valence electrons. The van der Waals surface area contributed by atoms with Gasteiger partial charge in [-0.15, -0.1) is 0 Å². The Kier molecular flexibility index (Phi) is 7.68. The number of hydrogen-bond donors (Lipinski definition) is 2. The Morgan fingerprint density at radius 2 is 1.77 bits per heavy atom. The number of Topliss-reactive ketones (excluding diaryl/α,β-unsaturated/α-hetero) is 1. The smallest absolute Gasteiger partial charge is 0.333 e. The van der Waals surface area contributed by atoms with Crippen LogP contribution in [0.25, 0.3) is 0 Å². The van der Waals surface area contributed by atoms with E-state index in [1.807, 2.05) is 6.07 Å². The number of nitrogens with zero attached hydrogens (tertiary/aromatic N) is 1. The Morgan fingerprint density at radius 1 is 1.05 bits per heavy atom. The fraction of sp³-hybridized carbons (Fsp3) is 0.625. The largest absolute Gasteiger partial charge is 0.467 e. The first kappa shape index (κ1) is 28.5.